The molecule has 76 valence electrons. The summed E-state index contributed by atoms with van der Waals surface area (Å²) in [7, 11) is 0. The predicted molar refractivity (Wildman–Crippen MR) is 70.3 cm³/mol. The SMILES string of the molecule is CC(C)C(=O)Nc1ccc(Br)cc1I. The van der Waals surface area contributed by atoms with Gasteiger partial charge in [0, 0.05) is 14.0 Å². The molecule has 0 spiro atoms. The molecule has 0 aliphatic rings. The zero-order valence-electron chi connectivity index (χ0n) is 7.97. The Morgan fingerprint density at radius 2 is 2.14 bits per heavy atom. The first kappa shape index (κ1) is 12.0. The number of hydrogen-bond acceptors (Lipinski definition) is 1. The summed E-state index contributed by atoms with van der Waals surface area (Å²) in [6.07, 6.45) is 0. The summed E-state index contributed by atoms with van der Waals surface area (Å²) in [4.78, 5) is 11.4. The van der Waals surface area contributed by atoms with Crippen LogP contribution in [0.1, 0.15) is 13.8 Å². The second-order valence-corrected chi connectivity index (χ2v) is 5.35. The molecule has 2 nitrogen and oxygen atoms in total. The molecule has 14 heavy (non-hydrogen) atoms. The maximum absolute atomic E-state index is 11.4. The number of anilines is 1. The molecule has 1 N–H and O–H groups in total. The van der Waals surface area contributed by atoms with Crippen molar-refractivity contribution >= 4 is 50.1 Å². The van der Waals surface area contributed by atoms with Gasteiger partial charge >= 0.3 is 0 Å². The van der Waals surface area contributed by atoms with E-state index < -0.39 is 0 Å². The van der Waals surface area contributed by atoms with E-state index in [1.54, 1.807) is 0 Å². The average molecular weight is 368 g/mol. The van der Waals surface area contributed by atoms with Crippen LogP contribution < -0.4 is 5.32 Å². The smallest absolute Gasteiger partial charge is 0.226 e. The maximum atomic E-state index is 11.4. The fraction of sp³-hybridized carbons (Fsp3) is 0.300. The van der Waals surface area contributed by atoms with E-state index in [0.29, 0.717) is 0 Å². The molecule has 0 aromatic heterocycles. The molecule has 1 amide bonds. The van der Waals surface area contributed by atoms with Crippen LogP contribution >= 0.6 is 38.5 Å². The number of amides is 1. The van der Waals surface area contributed by atoms with Gasteiger partial charge in [0.2, 0.25) is 5.91 Å². The minimum absolute atomic E-state index is 0.00875. The standard InChI is InChI=1S/C10H11BrINO/c1-6(2)10(14)13-9-4-3-7(11)5-8(9)12/h3-6H,1-2H3,(H,13,14). The fourth-order valence-corrected chi connectivity index (χ4v) is 2.31. The molecule has 4 heteroatoms. The van der Waals surface area contributed by atoms with E-state index in [-0.39, 0.29) is 11.8 Å². The minimum Gasteiger partial charge on any atom is -0.325 e. The Bertz CT molecular complexity index is 352. The number of halogens is 2. The van der Waals surface area contributed by atoms with Crippen molar-refractivity contribution in [1.29, 1.82) is 0 Å². The van der Waals surface area contributed by atoms with Crippen LogP contribution in [0.25, 0.3) is 0 Å². The van der Waals surface area contributed by atoms with Gasteiger partial charge in [0.15, 0.2) is 0 Å². The van der Waals surface area contributed by atoms with Crippen molar-refractivity contribution in [3.8, 4) is 0 Å². The number of hydrogen-bond donors (Lipinski definition) is 1. The van der Waals surface area contributed by atoms with Crippen molar-refractivity contribution < 1.29 is 4.79 Å². The highest BCUT2D eigenvalue weighted by Gasteiger charge is 2.08. The van der Waals surface area contributed by atoms with Crippen molar-refractivity contribution in [3.63, 3.8) is 0 Å². The Morgan fingerprint density at radius 1 is 1.50 bits per heavy atom. The Labute approximate surface area is 106 Å². The molecule has 0 atom stereocenters. The first-order valence-electron chi connectivity index (χ1n) is 4.26. The molecular formula is C10H11BrINO. The Balaban J connectivity index is 2.82. The van der Waals surface area contributed by atoms with Crippen LogP contribution in [0.15, 0.2) is 22.7 Å². The average Bonchev–Trinajstić information content (AvgIpc) is 2.09. The highest BCUT2D eigenvalue weighted by atomic mass is 127. The number of rotatable bonds is 2. The second-order valence-electron chi connectivity index (χ2n) is 3.27. The van der Waals surface area contributed by atoms with Crippen LogP contribution in [0.2, 0.25) is 0 Å². The van der Waals surface area contributed by atoms with Crippen LogP contribution in [-0.2, 0) is 4.79 Å². The summed E-state index contributed by atoms with van der Waals surface area (Å²) in [6, 6.07) is 5.78. The molecule has 1 aromatic carbocycles. The Hall–Kier alpha value is -0.100. The van der Waals surface area contributed by atoms with E-state index in [9.17, 15) is 4.79 Å². The zero-order valence-corrected chi connectivity index (χ0v) is 11.7. The van der Waals surface area contributed by atoms with Gasteiger partial charge in [-0.1, -0.05) is 29.8 Å². The van der Waals surface area contributed by atoms with Crippen LogP contribution in [0, 0.1) is 9.49 Å². The molecule has 0 bridgehead atoms. The lowest BCUT2D eigenvalue weighted by atomic mass is 10.2. The van der Waals surface area contributed by atoms with Gasteiger partial charge in [-0.05, 0) is 40.8 Å². The molecule has 0 unspecified atom stereocenters. The number of nitrogens with one attached hydrogen (secondary N) is 1. The Morgan fingerprint density at radius 3 is 2.64 bits per heavy atom. The summed E-state index contributed by atoms with van der Waals surface area (Å²) >= 11 is 5.57. The van der Waals surface area contributed by atoms with Gasteiger partial charge in [-0.2, -0.15) is 0 Å². The lowest BCUT2D eigenvalue weighted by molar-refractivity contribution is -0.118. The van der Waals surface area contributed by atoms with E-state index in [1.807, 2.05) is 32.0 Å². The van der Waals surface area contributed by atoms with Gasteiger partial charge < -0.3 is 5.32 Å². The number of benzene rings is 1. The van der Waals surface area contributed by atoms with Gasteiger partial charge in [-0.3, -0.25) is 4.79 Å². The normalized spacial score (nSPS) is 10.4. The largest absolute Gasteiger partial charge is 0.325 e. The maximum Gasteiger partial charge on any atom is 0.226 e. The van der Waals surface area contributed by atoms with Crippen LogP contribution in [0.5, 0.6) is 0 Å². The van der Waals surface area contributed by atoms with E-state index in [2.05, 4.69) is 43.8 Å². The van der Waals surface area contributed by atoms with Crippen molar-refractivity contribution in [2.24, 2.45) is 5.92 Å². The monoisotopic (exact) mass is 367 g/mol. The van der Waals surface area contributed by atoms with Crippen molar-refractivity contribution in [3.05, 3.63) is 26.2 Å². The van der Waals surface area contributed by atoms with Crippen molar-refractivity contribution in [1.82, 2.24) is 0 Å². The molecule has 0 saturated heterocycles. The van der Waals surface area contributed by atoms with Crippen LogP contribution in [0.4, 0.5) is 5.69 Å². The van der Waals surface area contributed by atoms with E-state index in [4.69, 9.17) is 0 Å². The van der Waals surface area contributed by atoms with E-state index >= 15 is 0 Å². The summed E-state index contributed by atoms with van der Waals surface area (Å²) in [5, 5.41) is 2.87. The quantitative estimate of drug-likeness (QED) is 0.794. The van der Waals surface area contributed by atoms with Gasteiger partial charge in [0.1, 0.15) is 0 Å². The first-order valence-corrected chi connectivity index (χ1v) is 6.14. The summed E-state index contributed by atoms with van der Waals surface area (Å²) in [6.45, 7) is 3.75. The molecule has 0 aliphatic carbocycles. The predicted octanol–water partition coefficient (Wildman–Crippen LogP) is 3.65. The molecular weight excluding hydrogens is 357 g/mol. The fourth-order valence-electron chi connectivity index (χ4n) is 0.868. The summed E-state index contributed by atoms with van der Waals surface area (Å²) < 4.78 is 2.05. The molecule has 0 heterocycles. The van der Waals surface area contributed by atoms with Gasteiger partial charge in [-0.25, -0.2) is 0 Å². The second kappa shape index (κ2) is 5.11. The lowest BCUT2D eigenvalue weighted by Gasteiger charge is -2.09. The van der Waals surface area contributed by atoms with E-state index in [0.717, 1.165) is 13.7 Å². The number of carbonyl (C=O) groups is 1. The third-order valence-corrected chi connectivity index (χ3v) is 3.10. The molecule has 0 saturated carbocycles. The zero-order chi connectivity index (χ0) is 10.7. The van der Waals surface area contributed by atoms with Crippen LogP contribution in [-0.4, -0.2) is 5.91 Å². The molecule has 0 fully saturated rings. The highest BCUT2D eigenvalue weighted by Crippen LogP contribution is 2.22. The molecule has 0 aliphatic heterocycles. The molecule has 1 aromatic rings. The topological polar surface area (TPSA) is 29.1 Å². The molecule has 0 radical (unpaired) electrons. The summed E-state index contributed by atoms with van der Waals surface area (Å²) in [5.74, 6) is 0.0553. The van der Waals surface area contributed by atoms with Crippen LogP contribution in [0.3, 0.4) is 0 Å². The van der Waals surface area contributed by atoms with Crippen molar-refractivity contribution in [2.75, 3.05) is 5.32 Å². The van der Waals surface area contributed by atoms with Gasteiger partial charge in [0.25, 0.3) is 0 Å². The third-order valence-electron chi connectivity index (χ3n) is 1.71. The van der Waals surface area contributed by atoms with E-state index in [1.165, 1.54) is 0 Å². The van der Waals surface area contributed by atoms with Crippen molar-refractivity contribution in [2.45, 2.75) is 13.8 Å². The lowest BCUT2D eigenvalue weighted by Crippen LogP contribution is -2.18. The van der Waals surface area contributed by atoms with Gasteiger partial charge in [0.05, 0.1) is 5.69 Å². The first-order chi connectivity index (χ1) is 6.50. The third kappa shape index (κ3) is 3.24. The minimum atomic E-state index is 0.00875. The Kier molecular flexibility index (Phi) is 4.37. The number of carbonyl (C=O) groups excluding carboxylic acids is 1. The highest BCUT2D eigenvalue weighted by molar-refractivity contribution is 14.1. The molecule has 1 rings (SSSR count). The van der Waals surface area contributed by atoms with Gasteiger partial charge in [-0.15, -0.1) is 0 Å². The summed E-state index contributed by atoms with van der Waals surface area (Å²) in [5.41, 5.74) is 0.868.